The highest BCUT2D eigenvalue weighted by Crippen LogP contribution is 2.35. The van der Waals surface area contributed by atoms with Crippen molar-refractivity contribution in [3.63, 3.8) is 0 Å². The number of amides is 1. The maximum Gasteiger partial charge on any atom is 0.324 e. The zero-order chi connectivity index (χ0) is 19.4. The molecule has 11 heteroatoms. The van der Waals surface area contributed by atoms with E-state index in [9.17, 15) is 13.8 Å². The summed E-state index contributed by atoms with van der Waals surface area (Å²) in [5.74, 6) is -1.57. The number of halogens is 1. The number of hydrogen-bond donors (Lipinski definition) is 4. The summed E-state index contributed by atoms with van der Waals surface area (Å²) in [5, 5.41) is 21.2. The van der Waals surface area contributed by atoms with Crippen molar-refractivity contribution >= 4 is 50.9 Å². The Kier molecular flexibility index (Phi) is 6.84. The van der Waals surface area contributed by atoms with Gasteiger partial charge in [0.1, 0.15) is 17.0 Å². The predicted octanol–water partition coefficient (Wildman–Crippen LogP) is 1.79. The molecule has 0 saturated heterocycles. The monoisotopic (exact) mass is 417 g/mol. The van der Waals surface area contributed by atoms with Gasteiger partial charge in [-0.15, -0.1) is 0 Å². The highest BCUT2D eigenvalue weighted by atomic mass is 35.5. The van der Waals surface area contributed by atoms with E-state index in [-0.39, 0.29) is 15.8 Å². The van der Waals surface area contributed by atoms with Gasteiger partial charge in [0, 0.05) is 6.92 Å². The van der Waals surface area contributed by atoms with Gasteiger partial charge < -0.3 is 15.5 Å². The number of benzene rings is 1. The normalized spacial score (nSPS) is 13.2. The van der Waals surface area contributed by atoms with Crippen molar-refractivity contribution < 1.29 is 24.0 Å². The van der Waals surface area contributed by atoms with Crippen molar-refractivity contribution in [3.8, 4) is 10.4 Å². The lowest BCUT2D eigenvalue weighted by Crippen LogP contribution is -2.40. The fourth-order valence-electron chi connectivity index (χ4n) is 2.01. The number of carbonyl (C=O) groups excluding carboxylic acids is 1. The maximum absolute atomic E-state index is 12.4. The van der Waals surface area contributed by atoms with Crippen LogP contribution in [0.4, 0.5) is 5.13 Å². The topological polar surface area (TPSA) is 129 Å². The van der Waals surface area contributed by atoms with Crippen molar-refractivity contribution in [2.75, 3.05) is 11.9 Å². The van der Waals surface area contributed by atoms with Crippen LogP contribution in [0.2, 0.25) is 5.02 Å². The molecule has 0 fully saturated rings. The van der Waals surface area contributed by atoms with Crippen LogP contribution in [-0.4, -0.2) is 43.9 Å². The molecule has 0 spiro atoms. The van der Waals surface area contributed by atoms with Gasteiger partial charge in [-0.1, -0.05) is 29.0 Å². The highest BCUT2D eigenvalue weighted by Gasteiger charge is 2.21. The number of nitrogens with one attached hydrogen (secondary N) is 2. The SMILES string of the molecule is CC(=O)Nc1nc(C)c(-c2ccc(Cl)c(S(=O)NC(CO)C(=O)O)c2)s1. The zero-order valence-corrected chi connectivity index (χ0v) is 16.2. The van der Waals surface area contributed by atoms with E-state index in [0.717, 1.165) is 4.88 Å². The van der Waals surface area contributed by atoms with Crippen molar-refractivity contribution in [1.82, 2.24) is 9.71 Å². The molecule has 2 aromatic rings. The number of aromatic nitrogens is 1. The lowest BCUT2D eigenvalue weighted by Gasteiger charge is -2.12. The Morgan fingerprint density at radius 1 is 1.42 bits per heavy atom. The molecule has 2 atom stereocenters. The van der Waals surface area contributed by atoms with E-state index < -0.39 is 29.6 Å². The van der Waals surface area contributed by atoms with Crippen LogP contribution in [0.15, 0.2) is 23.1 Å². The lowest BCUT2D eigenvalue weighted by molar-refractivity contribution is -0.139. The third-order valence-corrected chi connectivity index (χ3v) is 6.00. The summed E-state index contributed by atoms with van der Waals surface area (Å²) in [6.07, 6.45) is 0. The summed E-state index contributed by atoms with van der Waals surface area (Å²) in [5.41, 5.74) is 1.34. The molecule has 0 bridgehead atoms. The lowest BCUT2D eigenvalue weighted by atomic mass is 10.2. The fourth-order valence-corrected chi connectivity index (χ4v) is 4.39. The largest absolute Gasteiger partial charge is 0.480 e. The van der Waals surface area contributed by atoms with Crippen LogP contribution in [0, 0.1) is 6.92 Å². The number of carbonyl (C=O) groups is 2. The van der Waals surface area contributed by atoms with Crippen molar-refractivity contribution in [2.24, 2.45) is 0 Å². The average Bonchev–Trinajstić information content (AvgIpc) is 2.92. The van der Waals surface area contributed by atoms with Crippen LogP contribution >= 0.6 is 22.9 Å². The van der Waals surface area contributed by atoms with Gasteiger partial charge in [0.25, 0.3) is 0 Å². The van der Waals surface area contributed by atoms with Gasteiger partial charge in [-0.3, -0.25) is 9.59 Å². The van der Waals surface area contributed by atoms with E-state index in [2.05, 4.69) is 15.0 Å². The number of carboxylic acids is 1. The first kappa shape index (κ1) is 20.5. The van der Waals surface area contributed by atoms with Gasteiger partial charge in [-0.2, -0.15) is 0 Å². The second-order valence-electron chi connectivity index (χ2n) is 5.22. The van der Waals surface area contributed by atoms with E-state index in [0.29, 0.717) is 16.4 Å². The molecule has 1 heterocycles. The van der Waals surface area contributed by atoms with Gasteiger partial charge in [-0.05, 0) is 24.6 Å². The van der Waals surface area contributed by atoms with Gasteiger partial charge in [0.05, 0.1) is 27.1 Å². The molecular weight excluding hydrogens is 402 g/mol. The summed E-state index contributed by atoms with van der Waals surface area (Å²) in [6, 6.07) is 3.42. The predicted molar refractivity (Wildman–Crippen MR) is 99.7 cm³/mol. The first-order chi connectivity index (χ1) is 12.2. The Hall–Kier alpha value is -1.85. The van der Waals surface area contributed by atoms with Crippen LogP contribution in [0.3, 0.4) is 0 Å². The number of thiazole rings is 1. The molecule has 4 N–H and O–H groups in total. The average molecular weight is 418 g/mol. The molecule has 0 aliphatic carbocycles. The van der Waals surface area contributed by atoms with E-state index in [1.165, 1.54) is 24.3 Å². The minimum atomic E-state index is -1.95. The standard InChI is InChI=1S/C15H16ClN3O5S2/c1-7-13(25-15(17-7)18-8(2)21)9-3-4-10(16)12(5-9)26(24)19-11(6-20)14(22)23/h3-5,11,19-20H,6H2,1-2H3,(H,22,23)(H,17,18,21). The Morgan fingerprint density at radius 2 is 2.12 bits per heavy atom. The number of hydrogen-bond acceptors (Lipinski definition) is 6. The van der Waals surface area contributed by atoms with Crippen molar-refractivity contribution in [1.29, 1.82) is 0 Å². The molecule has 8 nitrogen and oxygen atoms in total. The number of aryl methyl sites for hydroxylation is 1. The van der Waals surface area contributed by atoms with Gasteiger partial charge in [0.2, 0.25) is 5.91 Å². The molecule has 2 rings (SSSR count). The van der Waals surface area contributed by atoms with E-state index >= 15 is 0 Å². The summed E-state index contributed by atoms with van der Waals surface area (Å²) < 4.78 is 14.7. The van der Waals surface area contributed by atoms with Crippen LogP contribution in [0.25, 0.3) is 10.4 Å². The van der Waals surface area contributed by atoms with Gasteiger partial charge in [-0.25, -0.2) is 13.9 Å². The van der Waals surface area contributed by atoms with Crippen LogP contribution in [0.1, 0.15) is 12.6 Å². The minimum absolute atomic E-state index is 0.178. The number of anilines is 1. The van der Waals surface area contributed by atoms with Gasteiger partial charge >= 0.3 is 5.97 Å². The van der Waals surface area contributed by atoms with Crippen molar-refractivity contribution in [3.05, 3.63) is 28.9 Å². The van der Waals surface area contributed by atoms with Crippen LogP contribution in [0.5, 0.6) is 0 Å². The molecule has 0 aliphatic heterocycles. The Labute approximate surface area is 160 Å². The molecule has 2 unspecified atom stereocenters. The third kappa shape index (κ3) is 4.86. The molecular formula is C15H16ClN3O5S2. The summed E-state index contributed by atoms with van der Waals surface area (Å²) in [7, 11) is -1.95. The van der Waals surface area contributed by atoms with E-state index in [1.807, 2.05) is 0 Å². The highest BCUT2D eigenvalue weighted by molar-refractivity contribution is 7.83. The molecule has 1 aromatic carbocycles. The second kappa shape index (κ2) is 8.69. The van der Waals surface area contributed by atoms with Crippen molar-refractivity contribution in [2.45, 2.75) is 24.8 Å². The smallest absolute Gasteiger partial charge is 0.324 e. The Bertz CT molecular complexity index is 871. The number of nitrogens with zero attached hydrogens (tertiary/aromatic N) is 1. The Balaban J connectivity index is 2.35. The minimum Gasteiger partial charge on any atom is -0.480 e. The third-order valence-electron chi connectivity index (χ3n) is 3.20. The first-order valence-corrected chi connectivity index (χ1v) is 9.64. The first-order valence-electron chi connectivity index (χ1n) is 7.29. The summed E-state index contributed by atoms with van der Waals surface area (Å²) >= 11 is 7.34. The zero-order valence-electron chi connectivity index (χ0n) is 13.8. The molecule has 140 valence electrons. The molecule has 26 heavy (non-hydrogen) atoms. The van der Waals surface area contributed by atoms with Gasteiger partial charge in [0.15, 0.2) is 5.13 Å². The number of aliphatic hydroxyl groups is 1. The molecule has 0 aliphatic rings. The molecule has 0 radical (unpaired) electrons. The van der Waals surface area contributed by atoms with Crippen LogP contribution < -0.4 is 10.0 Å². The van der Waals surface area contributed by atoms with E-state index in [1.54, 1.807) is 19.1 Å². The number of rotatable bonds is 7. The second-order valence-corrected chi connectivity index (χ2v) is 7.84. The molecule has 1 amide bonds. The number of aliphatic carboxylic acids is 1. The Morgan fingerprint density at radius 3 is 2.69 bits per heavy atom. The quantitative estimate of drug-likeness (QED) is 0.543. The van der Waals surface area contributed by atoms with E-state index in [4.69, 9.17) is 21.8 Å². The summed E-state index contributed by atoms with van der Waals surface area (Å²) in [4.78, 5) is 27.3. The number of aliphatic hydroxyl groups excluding tert-OH is 1. The number of carboxylic acid groups (broad SMARTS) is 1. The fraction of sp³-hybridized carbons (Fsp3) is 0.267. The maximum atomic E-state index is 12.4. The molecule has 1 aromatic heterocycles. The van der Waals surface area contributed by atoms with Crippen LogP contribution in [-0.2, 0) is 20.6 Å². The molecule has 0 saturated carbocycles. The summed E-state index contributed by atoms with van der Waals surface area (Å²) in [6.45, 7) is 2.44.